The topological polar surface area (TPSA) is 71.3 Å². The second-order valence-corrected chi connectivity index (χ2v) is 3.84. The van der Waals surface area contributed by atoms with Gasteiger partial charge in [-0.15, -0.1) is 0 Å². The van der Waals surface area contributed by atoms with Crippen molar-refractivity contribution in [1.82, 2.24) is 4.68 Å². The minimum atomic E-state index is -0.474. The second kappa shape index (κ2) is 4.75. The van der Waals surface area contributed by atoms with Crippen molar-refractivity contribution in [3.05, 3.63) is 64.1 Å². The molecule has 5 nitrogen and oxygen atoms in total. The van der Waals surface area contributed by atoms with E-state index in [1.54, 1.807) is 31.2 Å². The first-order valence-corrected chi connectivity index (χ1v) is 5.36. The van der Waals surface area contributed by atoms with Gasteiger partial charge in [0, 0.05) is 17.3 Å². The zero-order valence-electron chi connectivity index (χ0n) is 9.75. The van der Waals surface area contributed by atoms with Gasteiger partial charge in [-0.05, 0) is 19.1 Å². The minimum Gasteiger partial charge on any atom is -0.503 e. The van der Waals surface area contributed by atoms with Crippen molar-refractivity contribution in [3.8, 4) is 5.75 Å². The van der Waals surface area contributed by atoms with Crippen molar-refractivity contribution in [1.29, 1.82) is 0 Å². The molecular formula is C13H12N2O3. The third kappa shape index (κ3) is 2.40. The molecule has 0 unspecified atom stereocenters. The molecule has 2 N–H and O–H groups in total. The Morgan fingerprint density at radius 3 is 2.61 bits per heavy atom. The number of hydrogen-bond acceptors (Lipinski definition) is 3. The van der Waals surface area contributed by atoms with Crippen LogP contribution in [0.3, 0.4) is 0 Å². The van der Waals surface area contributed by atoms with E-state index in [2.05, 4.69) is 5.43 Å². The Hall–Kier alpha value is -2.56. The molecule has 18 heavy (non-hydrogen) atoms. The van der Waals surface area contributed by atoms with Gasteiger partial charge >= 0.3 is 0 Å². The Balaban J connectivity index is 2.28. The van der Waals surface area contributed by atoms with E-state index >= 15 is 0 Å². The number of nitrogens with one attached hydrogen (secondary N) is 1. The Bertz CT molecular complexity index is 632. The molecular weight excluding hydrogens is 232 g/mol. The van der Waals surface area contributed by atoms with Crippen LogP contribution in [0.25, 0.3) is 0 Å². The minimum absolute atomic E-state index is 0.318. The van der Waals surface area contributed by atoms with Gasteiger partial charge in [0.15, 0.2) is 5.75 Å². The SMILES string of the molecule is Cc1cc(=O)c(O)cn1NC(=O)c1ccccc1. The van der Waals surface area contributed by atoms with E-state index in [1.807, 2.05) is 6.07 Å². The summed E-state index contributed by atoms with van der Waals surface area (Å²) in [6, 6.07) is 9.92. The van der Waals surface area contributed by atoms with Gasteiger partial charge in [0.25, 0.3) is 5.91 Å². The average molecular weight is 244 g/mol. The summed E-state index contributed by atoms with van der Waals surface area (Å²) in [5.74, 6) is -0.726. The lowest BCUT2D eigenvalue weighted by atomic mass is 10.2. The first-order chi connectivity index (χ1) is 8.58. The lowest BCUT2D eigenvalue weighted by molar-refractivity contribution is 0.101. The van der Waals surface area contributed by atoms with E-state index in [9.17, 15) is 14.7 Å². The Kier molecular flexibility index (Phi) is 3.14. The van der Waals surface area contributed by atoms with Crippen molar-refractivity contribution in [2.45, 2.75) is 6.92 Å². The van der Waals surface area contributed by atoms with Crippen LogP contribution in [-0.4, -0.2) is 15.7 Å². The standard InChI is InChI=1S/C13H12N2O3/c1-9-7-11(16)12(17)8-15(9)14-13(18)10-5-3-2-4-6-10/h2-8,17H,1H3,(H,14,18). The summed E-state index contributed by atoms with van der Waals surface area (Å²) >= 11 is 0. The molecule has 0 saturated carbocycles. The number of aromatic hydroxyl groups is 1. The van der Waals surface area contributed by atoms with Crippen LogP contribution >= 0.6 is 0 Å². The van der Waals surface area contributed by atoms with Crippen LogP contribution in [0, 0.1) is 6.92 Å². The highest BCUT2D eigenvalue weighted by atomic mass is 16.3. The first kappa shape index (κ1) is 11.9. The number of aromatic nitrogens is 1. The number of benzene rings is 1. The summed E-state index contributed by atoms with van der Waals surface area (Å²) in [6.07, 6.45) is 1.18. The van der Waals surface area contributed by atoms with Gasteiger partial charge in [-0.25, -0.2) is 0 Å². The Morgan fingerprint density at radius 2 is 1.94 bits per heavy atom. The molecule has 0 fully saturated rings. The van der Waals surface area contributed by atoms with Gasteiger partial charge < -0.3 is 5.11 Å². The van der Waals surface area contributed by atoms with Gasteiger partial charge in [0.1, 0.15) is 0 Å². The summed E-state index contributed by atoms with van der Waals surface area (Å²) < 4.78 is 1.31. The number of pyridine rings is 1. The summed E-state index contributed by atoms with van der Waals surface area (Å²) in [7, 11) is 0. The lowest BCUT2D eigenvalue weighted by Crippen LogP contribution is -2.25. The molecule has 1 heterocycles. The Labute approximate surface area is 103 Å². The molecule has 0 spiro atoms. The highest BCUT2D eigenvalue weighted by Crippen LogP contribution is 2.04. The maximum atomic E-state index is 11.9. The van der Waals surface area contributed by atoms with Crippen molar-refractivity contribution in [3.63, 3.8) is 0 Å². The second-order valence-electron chi connectivity index (χ2n) is 3.84. The molecule has 92 valence electrons. The smallest absolute Gasteiger partial charge is 0.270 e. The van der Waals surface area contributed by atoms with Gasteiger partial charge in [0.2, 0.25) is 5.43 Å². The van der Waals surface area contributed by atoms with Gasteiger partial charge in [-0.2, -0.15) is 0 Å². The first-order valence-electron chi connectivity index (χ1n) is 5.36. The number of carbonyl (C=O) groups excluding carboxylic acids is 1. The fraction of sp³-hybridized carbons (Fsp3) is 0.0769. The molecule has 5 heteroatoms. The maximum Gasteiger partial charge on any atom is 0.270 e. The number of aryl methyl sites for hydroxylation is 1. The highest BCUT2D eigenvalue weighted by molar-refractivity contribution is 5.99. The van der Waals surface area contributed by atoms with Crippen LogP contribution in [0.5, 0.6) is 5.75 Å². The van der Waals surface area contributed by atoms with Crippen LogP contribution in [0.2, 0.25) is 0 Å². The maximum absolute atomic E-state index is 11.9. The van der Waals surface area contributed by atoms with E-state index in [1.165, 1.54) is 16.9 Å². The predicted molar refractivity (Wildman–Crippen MR) is 67.2 cm³/mol. The van der Waals surface area contributed by atoms with E-state index in [-0.39, 0.29) is 5.91 Å². The number of nitrogens with zero attached hydrogens (tertiary/aromatic N) is 1. The highest BCUT2D eigenvalue weighted by Gasteiger charge is 2.07. The van der Waals surface area contributed by atoms with Crippen molar-refractivity contribution in [2.75, 3.05) is 5.43 Å². The molecule has 1 aromatic heterocycles. The molecule has 0 atom stereocenters. The normalized spacial score (nSPS) is 10.1. The number of rotatable bonds is 2. The predicted octanol–water partition coefficient (Wildman–Crippen LogP) is 1.25. The van der Waals surface area contributed by atoms with Crippen LogP contribution in [0.15, 0.2) is 47.4 Å². The zero-order valence-corrected chi connectivity index (χ0v) is 9.75. The zero-order chi connectivity index (χ0) is 13.1. The summed E-state index contributed by atoms with van der Waals surface area (Å²) in [6.45, 7) is 1.66. The third-order valence-electron chi connectivity index (χ3n) is 2.48. The molecule has 2 aromatic rings. The third-order valence-corrected chi connectivity index (χ3v) is 2.48. The van der Waals surface area contributed by atoms with Crippen LogP contribution in [0.1, 0.15) is 16.1 Å². The number of hydrogen-bond donors (Lipinski definition) is 2. The van der Waals surface area contributed by atoms with Crippen LogP contribution < -0.4 is 10.9 Å². The van der Waals surface area contributed by atoms with E-state index in [4.69, 9.17) is 0 Å². The van der Waals surface area contributed by atoms with Crippen LogP contribution in [0.4, 0.5) is 0 Å². The molecule has 1 aromatic carbocycles. The summed E-state index contributed by atoms with van der Waals surface area (Å²) in [4.78, 5) is 23.0. The van der Waals surface area contributed by atoms with Gasteiger partial charge in [-0.1, -0.05) is 18.2 Å². The van der Waals surface area contributed by atoms with Gasteiger partial charge in [-0.3, -0.25) is 19.7 Å². The van der Waals surface area contributed by atoms with Crippen molar-refractivity contribution >= 4 is 5.91 Å². The molecule has 1 amide bonds. The fourth-order valence-electron chi connectivity index (χ4n) is 1.50. The van der Waals surface area contributed by atoms with Crippen molar-refractivity contribution in [2.24, 2.45) is 0 Å². The summed E-state index contributed by atoms with van der Waals surface area (Å²) in [5, 5.41) is 9.32. The largest absolute Gasteiger partial charge is 0.503 e. The molecule has 0 aliphatic heterocycles. The molecule has 2 rings (SSSR count). The monoisotopic (exact) mass is 244 g/mol. The molecule has 0 bridgehead atoms. The molecule has 0 aliphatic carbocycles. The van der Waals surface area contributed by atoms with Crippen LogP contribution in [-0.2, 0) is 0 Å². The van der Waals surface area contributed by atoms with Gasteiger partial charge in [0.05, 0.1) is 6.20 Å². The van der Waals surface area contributed by atoms with E-state index < -0.39 is 11.2 Å². The average Bonchev–Trinajstić information content (AvgIpc) is 2.37. The fourth-order valence-corrected chi connectivity index (χ4v) is 1.50. The molecule has 0 aliphatic rings. The number of amides is 1. The number of carbonyl (C=O) groups is 1. The quantitative estimate of drug-likeness (QED) is 0.835. The lowest BCUT2D eigenvalue weighted by Gasteiger charge is -2.12. The van der Waals surface area contributed by atoms with E-state index in [0.717, 1.165) is 0 Å². The van der Waals surface area contributed by atoms with E-state index in [0.29, 0.717) is 11.3 Å². The molecule has 0 radical (unpaired) electrons. The van der Waals surface area contributed by atoms with Crippen molar-refractivity contribution < 1.29 is 9.90 Å². The summed E-state index contributed by atoms with van der Waals surface area (Å²) in [5.41, 5.74) is 3.12. The molecule has 0 saturated heterocycles. The Morgan fingerprint density at radius 1 is 1.28 bits per heavy atom.